The minimum absolute atomic E-state index is 0.0337. The number of piperidine rings is 1. The zero-order chi connectivity index (χ0) is 19.8. The third kappa shape index (κ3) is 3.33. The molecule has 0 amide bonds. The van der Waals surface area contributed by atoms with Crippen LogP contribution in [0.15, 0.2) is 53.6 Å². The van der Waals surface area contributed by atoms with Gasteiger partial charge in [0, 0.05) is 43.7 Å². The lowest BCUT2D eigenvalue weighted by Gasteiger charge is -2.31. The summed E-state index contributed by atoms with van der Waals surface area (Å²) in [5.74, 6) is 1.95. The first kappa shape index (κ1) is 17.7. The summed E-state index contributed by atoms with van der Waals surface area (Å²) in [6.45, 7) is 2.67. The van der Waals surface area contributed by atoms with Crippen LogP contribution in [0, 0.1) is 0 Å². The molecule has 0 spiro atoms. The highest BCUT2D eigenvalue weighted by Gasteiger charge is 2.25. The third-order valence-electron chi connectivity index (χ3n) is 5.64. The van der Waals surface area contributed by atoms with E-state index in [9.17, 15) is 4.79 Å². The van der Waals surface area contributed by atoms with Gasteiger partial charge in [0.2, 0.25) is 5.56 Å². The van der Waals surface area contributed by atoms with Crippen LogP contribution in [0.3, 0.4) is 0 Å². The Labute approximate surface area is 167 Å². The van der Waals surface area contributed by atoms with Gasteiger partial charge in [-0.15, -0.1) is 15.3 Å². The fourth-order valence-corrected chi connectivity index (χ4v) is 3.92. The van der Waals surface area contributed by atoms with Gasteiger partial charge in [-0.2, -0.15) is 9.61 Å². The molecule has 0 radical (unpaired) electrons. The van der Waals surface area contributed by atoms with Gasteiger partial charge in [0.15, 0.2) is 17.3 Å². The molecule has 5 rings (SSSR count). The largest absolute Gasteiger partial charge is 0.314 e. The van der Waals surface area contributed by atoms with Crippen molar-refractivity contribution < 1.29 is 0 Å². The zero-order valence-electron chi connectivity index (χ0n) is 16.2. The topological polar surface area (TPSA) is 86.1 Å². The highest BCUT2D eigenvalue weighted by Crippen LogP contribution is 2.27. The molecular formula is C20H22N8O. The van der Waals surface area contributed by atoms with Crippen molar-refractivity contribution in [3.8, 4) is 5.82 Å². The van der Waals surface area contributed by atoms with Crippen molar-refractivity contribution in [3.63, 3.8) is 0 Å². The van der Waals surface area contributed by atoms with Gasteiger partial charge in [0.1, 0.15) is 0 Å². The normalized spacial score (nSPS) is 15.9. The first-order valence-corrected chi connectivity index (χ1v) is 9.79. The Morgan fingerprint density at radius 1 is 1.07 bits per heavy atom. The number of nitrogens with zero attached hydrogens (tertiary/aromatic N) is 8. The molecule has 29 heavy (non-hydrogen) atoms. The fraction of sp³-hybridized carbons (Fsp3) is 0.350. The summed E-state index contributed by atoms with van der Waals surface area (Å²) in [5, 5.41) is 17.7. The van der Waals surface area contributed by atoms with Crippen LogP contribution in [0.1, 0.15) is 30.3 Å². The second kappa shape index (κ2) is 7.25. The molecule has 0 aromatic carbocycles. The van der Waals surface area contributed by atoms with Crippen LogP contribution in [0.2, 0.25) is 0 Å². The molecular weight excluding hydrogens is 368 g/mol. The maximum absolute atomic E-state index is 11.8. The molecule has 148 valence electrons. The van der Waals surface area contributed by atoms with Crippen molar-refractivity contribution in [1.82, 2.24) is 39.1 Å². The van der Waals surface area contributed by atoms with E-state index < -0.39 is 0 Å². The zero-order valence-corrected chi connectivity index (χ0v) is 16.2. The van der Waals surface area contributed by atoms with Gasteiger partial charge in [-0.25, -0.2) is 4.68 Å². The molecule has 9 nitrogen and oxygen atoms in total. The van der Waals surface area contributed by atoms with E-state index in [1.807, 2.05) is 48.1 Å². The molecule has 5 heterocycles. The van der Waals surface area contributed by atoms with Gasteiger partial charge in [-0.1, -0.05) is 6.07 Å². The first-order chi connectivity index (χ1) is 14.2. The second-order valence-corrected chi connectivity index (χ2v) is 7.44. The molecule has 1 aliphatic rings. The number of pyridine rings is 1. The minimum Gasteiger partial charge on any atom is -0.314 e. The van der Waals surface area contributed by atoms with E-state index in [1.54, 1.807) is 21.5 Å². The number of rotatable bonds is 4. The Bertz CT molecular complexity index is 1180. The van der Waals surface area contributed by atoms with Gasteiger partial charge >= 0.3 is 0 Å². The van der Waals surface area contributed by atoms with Crippen molar-refractivity contribution in [2.45, 2.75) is 25.3 Å². The van der Waals surface area contributed by atoms with Crippen LogP contribution in [0.4, 0.5) is 0 Å². The van der Waals surface area contributed by atoms with E-state index in [0.717, 1.165) is 55.5 Å². The molecule has 4 aromatic rings. The summed E-state index contributed by atoms with van der Waals surface area (Å²) in [5.41, 5.74) is 1.82. The highest BCUT2D eigenvalue weighted by molar-refractivity contribution is 5.39. The second-order valence-electron chi connectivity index (χ2n) is 7.44. The van der Waals surface area contributed by atoms with Crippen LogP contribution in [0.5, 0.6) is 0 Å². The molecule has 4 aromatic heterocycles. The molecule has 0 atom stereocenters. The van der Waals surface area contributed by atoms with Crippen LogP contribution in [0.25, 0.3) is 11.5 Å². The molecule has 0 N–H and O–H groups in total. The van der Waals surface area contributed by atoms with Gasteiger partial charge in [0.25, 0.3) is 0 Å². The number of aromatic nitrogens is 7. The Morgan fingerprint density at radius 2 is 1.93 bits per heavy atom. The Balaban J connectivity index is 1.33. The van der Waals surface area contributed by atoms with E-state index in [4.69, 9.17) is 5.10 Å². The summed E-state index contributed by atoms with van der Waals surface area (Å²) in [7, 11) is 1.83. The van der Waals surface area contributed by atoms with E-state index in [2.05, 4.69) is 20.2 Å². The van der Waals surface area contributed by atoms with Crippen molar-refractivity contribution >= 4 is 5.65 Å². The minimum atomic E-state index is 0.0337. The predicted octanol–water partition coefficient (Wildman–Crippen LogP) is 1.39. The fourth-order valence-electron chi connectivity index (χ4n) is 3.92. The molecule has 1 saturated heterocycles. The average molecular weight is 390 g/mol. The Hall–Kier alpha value is -3.33. The van der Waals surface area contributed by atoms with Crippen LogP contribution in [-0.2, 0) is 13.6 Å². The number of fused-ring (bicyclic) bond motifs is 1. The lowest BCUT2D eigenvalue weighted by atomic mass is 9.96. The Kier molecular flexibility index (Phi) is 4.44. The van der Waals surface area contributed by atoms with Crippen molar-refractivity contribution in [2.75, 3.05) is 13.1 Å². The SMILES string of the molecule is Cn1c(CN2CCC(c3nnc4ccc(-n5cccn5)nn34)CC2)cccc1=O. The third-order valence-corrected chi connectivity index (χ3v) is 5.64. The summed E-state index contributed by atoms with van der Waals surface area (Å²) in [6, 6.07) is 11.1. The first-order valence-electron chi connectivity index (χ1n) is 9.79. The van der Waals surface area contributed by atoms with Crippen molar-refractivity contribution in [2.24, 2.45) is 7.05 Å². The van der Waals surface area contributed by atoms with E-state index in [0.29, 0.717) is 5.92 Å². The van der Waals surface area contributed by atoms with Crippen LogP contribution < -0.4 is 5.56 Å². The standard InChI is InChI=1S/C20H22N8O/c1-25-16(4-2-5-19(25)29)14-26-12-8-15(9-13-26)20-23-22-17-6-7-18(24-28(17)20)27-11-3-10-21-27/h2-7,10-11,15H,8-9,12-14H2,1H3. The number of hydrogen-bond acceptors (Lipinski definition) is 6. The maximum atomic E-state index is 11.8. The maximum Gasteiger partial charge on any atom is 0.250 e. The predicted molar refractivity (Wildman–Crippen MR) is 107 cm³/mol. The Morgan fingerprint density at radius 3 is 2.72 bits per heavy atom. The lowest BCUT2D eigenvalue weighted by Crippen LogP contribution is -2.35. The van der Waals surface area contributed by atoms with Crippen molar-refractivity contribution in [1.29, 1.82) is 0 Å². The van der Waals surface area contributed by atoms with E-state index in [1.165, 1.54) is 0 Å². The summed E-state index contributed by atoms with van der Waals surface area (Å²) in [4.78, 5) is 14.2. The van der Waals surface area contributed by atoms with Gasteiger partial charge in [0.05, 0.1) is 0 Å². The number of likely N-dealkylation sites (tertiary alicyclic amines) is 1. The molecule has 1 fully saturated rings. The van der Waals surface area contributed by atoms with Gasteiger partial charge in [-0.05, 0) is 50.2 Å². The quantitative estimate of drug-likeness (QED) is 0.523. The van der Waals surface area contributed by atoms with E-state index in [-0.39, 0.29) is 5.56 Å². The molecule has 0 aliphatic carbocycles. The molecule has 0 bridgehead atoms. The van der Waals surface area contributed by atoms with E-state index >= 15 is 0 Å². The molecule has 0 saturated carbocycles. The molecule has 0 unspecified atom stereocenters. The van der Waals surface area contributed by atoms with Crippen molar-refractivity contribution in [3.05, 3.63) is 70.7 Å². The molecule has 9 heteroatoms. The monoisotopic (exact) mass is 390 g/mol. The smallest absolute Gasteiger partial charge is 0.250 e. The summed E-state index contributed by atoms with van der Waals surface area (Å²) >= 11 is 0. The lowest BCUT2D eigenvalue weighted by molar-refractivity contribution is 0.196. The summed E-state index contributed by atoms with van der Waals surface area (Å²) in [6.07, 6.45) is 5.56. The average Bonchev–Trinajstić information content (AvgIpc) is 3.42. The highest BCUT2D eigenvalue weighted by atomic mass is 16.1. The van der Waals surface area contributed by atoms with Crippen LogP contribution in [-0.4, -0.2) is 52.1 Å². The van der Waals surface area contributed by atoms with Crippen LogP contribution >= 0.6 is 0 Å². The van der Waals surface area contributed by atoms with Gasteiger partial charge < -0.3 is 4.57 Å². The molecule has 1 aliphatic heterocycles. The number of hydrogen-bond donors (Lipinski definition) is 0. The summed E-state index contributed by atoms with van der Waals surface area (Å²) < 4.78 is 5.30. The van der Waals surface area contributed by atoms with Gasteiger partial charge in [-0.3, -0.25) is 9.69 Å².